The summed E-state index contributed by atoms with van der Waals surface area (Å²) in [5.41, 5.74) is 9.23. The number of hydrogen-bond donors (Lipinski definition) is 3. The number of aromatic nitrogens is 2. The van der Waals surface area contributed by atoms with Crippen molar-refractivity contribution in [3.63, 3.8) is 0 Å². The number of hydrogen-bond acceptors (Lipinski definition) is 9. The normalized spacial score (nSPS) is 19.3. The van der Waals surface area contributed by atoms with Crippen molar-refractivity contribution in [1.82, 2.24) is 15.3 Å². The number of piperidine rings is 1. The Hall–Kier alpha value is -4.57. The van der Waals surface area contributed by atoms with Gasteiger partial charge in [-0.2, -0.15) is 4.98 Å². The number of methoxy groups -OCH3 is 2. The largest absolute Gasteiger partial charge is 0.493 e. The van der Waals surface area contributed by atoms with E-state index < -0.39 is 23.8 Å². The first-order chi connectivity index (χ1) is 20.4. The first kappa shape index (κ1) is 27.6. The van der Waals surface area contributed by atoms with E-state index in [4.69, 9.17) is 24.9 Å². The third kappa shape index (κ3) is 5.37. The van der Waals surface area contributed by atoms with Crippen LogP contribution in [0.3, 0.4) is 0 Å². The van der Waals surface area contributed by atoms with Crippen LogP contribution in [-0.2, 0) is 17.6 Å². The molecule has 0 radical (unpaired) electrons. The lowest BCUT2D eigenvalue weighted by atomic mass is 9.85. The van der Waals surface area contributed by atoms with E-state index in [1.807, 2.05) is 54.6 Å². The molecule has 10 heteroatoms. The molecule has 0 saturated carbocycles. The third-order valence-electron chi connectivity index (χ3n) is 8.35. The lowest BCUT2D eigenvalue weighted by Gasteiger charge is -2.41. The van der Waals surface area contributed by atoms with Gasteiger partial charge in [0.25, 0.3) is 0 Å². The zero-order valence-electron chi connectivity index (χ0n) is 23.7. The summed E-state index contributed by atoms with van der Waals surface area (Å²) in [7, 11) is 3.15. The van der Waals surface area contributed by atoms with Crippen LogP contribution in [0.1, 0.15) is 35.6 Å². The van der Waals surface area contributed by atoms with Crippen LogP contribution in [0.2, 0.25) is 0 Å². The maximum Gasteiger partial charge on any atom is 0.408 e. The molecule has 1 saturated heterocycles. The summed E-state index contributed by atoms with van der Waals surface area (Å²) in [4.78, 5) is 24.7. The van der Waals surface area contributed by atoms with Gasteiger partial charge in [-0.05, 0) is 29.2 Å². The number of ether oxygens (including phenoxy) is 3. The molecule has 1 aliphatic carbocycles. The topological polar surface area (TPSA) is 132 Å². The van der Waals surface area contributed by atoms with E-state index in [2.05, 4.69) is 15.2 Å². The van der Waals surface area contributed by atoms with Gasteiger partial charge in [0.2, 0.25) is 5.95 Å². The predicted octanol–water partition coefficient (Wildman–Crippen LogP) is 4.20. The molecule has 6 rings (SSSR count). The number of nitrogens with one attached hydrogen (secondary N) is 1. The maximum atomic E-state index is 13.3. The first-order valence-corrected chi connectivity index (χ1v) is 14.1. The highest BCUT2D eigenvalue weighted by Crippen LogP contribution is 2.37. The van der Waals surface area contributed by atoms with Gasteiger partial charge in [0.15, 0.2) is 11.5 Å². The Bertz CT molecular complexity index is 1590. The fourth-order valence-electron chi connectivity index (χ4n) is 6.09. The molecule has 10 nitrogen and oxygen atoms in total. The van der Waals surface area contributed by atoms with Gasteiger partial charge in [-0.1, -0.05) is 54.6 Å². The van der Waals surface area contributed by atoms with E-state index in [1.165, 1.54) is 0 Å². The maximum absolute atomic E-state index is 13.3. The summed E-state index contributed by atoms with van der Waals surface area (Å²) in [6, 6.07) is 20.9. The molecule has 4 N–H and O–H groups in total. The number of rotatable bonds is 7. The van der Waals surface area contributed by atoms with Crippen LogP contribution in [0.4, 0.5) is 16.6 Å². The molecule has 42 heavy (non-hydrogen) atoms. The van der Waals surface area contributed by atoms with Gasteiger partial charge in [0.1, 0.15) is 11.4 Å². The van der Waals surface area contributed by atoms with Gasteiger partial charge in [0.05, 0.1) is 31.9 Å². The molecule has 1 aromatic heterocycles. The number of fused-ring (bicyclic) bond motifs is 2. The van der Waals surface area contributed by atoms with Crippen molar-refractivity contribution >= 4 is 28.8 Å². The van der Waals surface area contributed by atoms with Crippen LogP contribution >= 0.6 is 0 Å². The molecule has 2 heterocycles. The van der Waals surface area contributed by atoms with Gasteiger partial charge in [-0.3, -0.25) is 0 Å². The number of aliphatic hydroxyl groups is 1. The number of alkyl carbamates (subject to hydrolysis) is 1. The molecule has 3 aromatic carbocycles. The first-order valence-electron chi connectivity index (χ1n) is 14.1. The third-order valence-corrected chi connectivity index (χ3v) is 8.35. The highest BCUT2D eigenvalue weighted by molar-refractivity contribution is 5.91. The minimum Gasteiger partial charge on any atom is -0.493 e. The Labute approximate surface area is 244 Å². The summed E-state index contributed by atoms with van der Waals surface area (Å²) < 4.78 is 17.1. The second-order valence-electron chi connectivity index (χ2n) is 11.0. The van der Waals surface area contributed by atoms with Crippen molar-refractivity contribution in [2.24, 2.45) is 0 Å². The molecule has 0 spiro atoms. The smallest absolute Gasteiger partial charge is 0.408 e. The minimum atomic E-state index is -0.769. The van der Waals surface area contributed by atoms with Crippen LogP contribution in [0.25, 0.3) is 10.9 Å². The summed E-state index contributed by atoms with van der Waals surface area (Å²) in [6.07, 6.45) is 0.966. The number of anilines is 2. The Balaban J connectivity index is 1.20. The van der Waals surface area contributed by atoms with E-state index in [9.17, 15) is 9.90 Å². The molecule has 0 bridgehead atoms. The van der Waals surface area contributed by atoms with Crippen LogP contribution in [-0.4, -0.2) is 60.1 Å². The van der Waals surface area contributed by atoms with Gasteiger partial charge >= 0.3 is 6.09 Å². The fraction of sp³-hybridized carbons (Fsp3) is 0.344. The molecule has 1 amide bonds. The molecular weight excluding hydrogens is 534 g/mol. The van der Waals surface area contributed by atoms with Gasteiger partial charge in [0, 0.05) is 43.8 Å². The Morgan fingerprint density at radius 1 is 1.02 bits per heavy atom. The minimum absolute atomic E-state index is 0.351. The van der Waals surface area contributed by atoms with Crippen LogP contribution in [0, 0.1) is 0 Å². The average Bonchev–Trinajstić information content (AvgIpc) is 3.31. The van der Waals surface area contributed by atoms with Crippen LogP contribution in [0.5, 0.6) is 11.5 Å². The van der Waals surface area contributed by atoms with Gasteiger partial charge < -0.3 is 35.3 Å². The SMILES string of the molecule is COc1cc2nc(N3CCC(Cc4ccccc4)(OC(=O)NC4Cc5ccccc5C4O)CC3)nc(N)c2cc1OC. The average molecular weight is 570 g/mol. The standard InChI is InChI=1S/C32H35N5O5/c1-40-26-17-23-24(18-27(26)41-2)34-30(36-29(23)33)37-14-12-32(13-15-37,19-20-8-4-3-5-9-20)42-31(39)35-25-16-21-10-6-7-11-22(21)28(25)38/h3-11,17-18,25,28,38H,12-16,19H2,1-2H3,(H,35,39)(H2,33,34,36). The van der Waals surface area contributed by atoms with Crippen molar-refractivity contribution < 1.29 is 24.1 Å². The molecule has 2 atom stereocenters. The number of benzene rings is 3. The highest BCUT2D eigenvalue weighted by Gasteiger charge is 2.41. The van der Waals surface area contributed by atoms with E-state index in [1.54, 1.807) is 26.4 Å². The predicted molar refractivity (Wildman–Crippen MR) is 160 cm³/mol. The zero-order valence-corrected chi connectivity index (χ0v) is 23.7. The monoisotopic (exact) mass is 569 g/mol. The second-order valence-corrected chi connectivity index (χ2v) is 11.0. The summed E-state index contributed by atoms with van der Waals surface area (Å²) in [6.45, 7) is 1.13. The number of nitrogens with two attached hydrogens (primary N) is 1. The molecule has 1 aliphatic heterocycles. The number of nitrogens with zero attached hydrogens (tertiary/aromatic N) is 3. The molecule has 218 valence electrons. The van der Waals surface area contributed by atoms with Gasteiger partial charge in [-0.25, -0.2) is 9.78 Å². The quantitative estimate of drug-likeness (QED) is 0.300. The fourth-order valence-corrected chi connectivity index (χ4v) is 6.09. The Morgan fingerprint density at radius 3 is 2.43 bits per heavy atom. The van der Waals surface area contributed by atoms with Crippen molar-refractivity contribution in [2.45, 2.75) is 43.4 Å². The second kappa shape index (κ2) is 11.4. The molecular formula is C32H35N5O5. The summed E-state index contributed by atoms with van der Waals surface area (Å²) in [5.74, 6) is 1.98. The zero-order chi connectivity index (χ0) is 29.3. The van der Waals surface area contributed by atoms with Crippen molar-refractivity contribution in [2.75, 3.05) is 37.9 Å². The number of carbonyl (C=O) groups excluding carboxylic acids is 1. The Morgan fingerprint density at radius 2 is 1.71 bits per heavy atom. The summed E-state index contributed by atoms with van der Waals surface area (Å²) >= 11 is 0. The molecule has 1 fully saturated rings. The Kier molecular flexibility index (Phi) is 7.47. The van der Waals surface area contributed by atoms with Crippen LogP contribution in [0.15, 0.2) is 66.7 Å². The summed E-state index contributed by atoms with van der Waals surface area (Å²) in [5, 5.41) is 14.4. The van der Waals surface area contributed by atoms with Crippen LogP contribution < -0.4 is 25.4 Å². The van der Waals surface area contributed by atoms with Crippen molar-refractivity contribution in [3.8, 4) is 11.5 Å². The van der Waals surface area contributed by atoms with E-state index >= 15 is 0 Å². The number of nitrogen functional groups attached to an aromatic ring is 1. The number of aliphatic hydroxyl groups excluding tert-OH is 1. The van der Waals surface area contributed by atoms with Gasteiger partial charge in [-0.15, -0.1) is 0 Å². The lowest BCUT2D eigenvalue weighted by Crippen LogP contribution is -2.51. The van der Waals surface area contributed by atoms with E-state index in [-0.39, 0.29) is 0 Å². The van der Waals surface area contributed by atoms with Crippen molar-refractivity contribution in [3.05, 3.63) is 83.4 Å². The molecule has 4 aromatic rings. The molecule has 2 aliphatic rings. The van der Waals surface area contributed by atoms with Crippen molar-refractivity contribution in [1.29, 1.82) is 0 Å². The molecule has 2 unspecified atom stereocenters. The lowest BCUT2D eigenvalue weighted by molar-refractivity contribution is -0.0112. The number of carbonyl (C=O) groups is 1. The van der Waals surface area contributed by atoms with E-state index in [0.29, 0.717) is 72.9 Å². The van der Waals surface area contributed by atoms with E-state index in [0.717, 1.165) is 16.7 Å². The number of amides is 1. The highest BCUT2D eigenvalue weighted by atomic mass is 16.6.